The second kappa shape index (κ2) is 7.73. The predicted octanol–water partition coefficient (Wildman–Crippen LogP) is 1.78. The average Bonchev–Trinajstić information content (AvgIpc) is 3.07. The van der Waals surface area contributed by atoms with E-state index in [9.17, 15) is 5.11 Å². The highest BCUT2D eigenvalue weighted by atomic mass is 16.3. The van der Waals surface area contributed by atoms with Gasteiger partial charge in [0.2, 0.25) is 0 Å². The molecule has 5 heteroatoms. The SMILES string of the molecule is CN(CCc1ccccn1)[C@H]1CCN(Cc2ccco2)C[C@@H]1O. The Bertz CT molecular complexity index is 573. The van der Waals surface area contributed by atoms with Crippen LogP contribution in [0.15, 0.2) is 47.2 Å². The van der Waals surface area contributed by atoms with E-state index < -0.39 is 0 Å². The maximum Gasteiger partial charge on any atom is 0.117 e. The van der Waals surface area contributed by atoms with Gasteiger partial charge >= 0.3 is 0 Å². The summed E-state index contributed by atoms with van der Waals surface area (Å²) in [5.41, 5.74) is 1.10. The zero-order valence-corrected chi connectivity index (χ0v) is 13.6. The van der Waals surface area contributed by atoms with E-state index in [0.29, 0.717) is 6.54 Å². The van der Waals surface area contributed by atoms with Crippen LogP contribution in [0.2, 0.25) is 0 Å². The van der Waals surface area contributed by atoms with Crippen molar-refractivity contribution in [3.05, 3.63) is 54.2 Å². The van der Waals surface area contributed by atoms with Crippen LogP contribution in [0.4, 0.5) is 0 Å². The Balaban J connectivity index is 1.47. The van der Waals surface area contributed by atoms with Crippen molar-refractivity contribution in [1.29, 1.82) is 0 Å². The average molecular weight is 315 g/mol. The van der Waals surface area contributed by atoms with E-state index in [4.69, 9.17) is 4.42 Å². The van der Waals surface area contributed by atoms with Crippen molar-refractivity contribution in [1.82, 2.24) is 14.8 Å². The van der Waals surface area contributed by atoms with Gasteiger partial charge in [-0.05, 0) is 37.7 Å². The van der Waals surface area contributed by atoms with Gasteiger partial charge in [-0.1, -0.05) is 6.07 Å². The third-order valence-electron chi connectivity index (χ3n) is 4.60. The Hall–Kier alpha value is -1.69. The summed E-state index contributed by atoms with van der Waals surface area (Å²) in [6.07, 6.45) is 5.09. The smallest absolute Gasteiger partial charge is 0.117 e. The molecule has 1 N–H and O–H groups in total. The highest BCUT2D eigenvalue weighted by Gasteiger charge is 2.30. The summed E-state index contributed by atoms with van der Waals surface area (Å²) in [5.74, 6) is 0.958. The number of β-amino-alcohol motifs (C(OH)–C–C–N with tert-alkyl or cyclic N) is 1. The van der Waals surface area contributed by atoms with Gasteiger partial charge in [0.1, 0.15) is 5.76 Å². The molecule has 1 aliphatic heterocycles. The lowest BCUT2D eigenvalue weighted by Gasteiger charge is -2.40. The van der Waals surface area contributed by atoms with Gasteiger partial charge in [-0.15, -0.1) is 0 Å². The number of aliphatic hydroxyl groups is 1. The Kier molecular flexibility index (Phi) is 5.43. The van der Waals surface area contributed by atoms with Crippen molar-refractivity contribution in [2.24, 2.45) is 0 Å². The highest BCUT2D eigenvalue weighted by Crippen LogP contribution is 2.18. The zero-order valence-electron chi connectivity index (χ0n) is 13.6. The molecule has 0 spiro atoms. The van der Waals surface area contributed by atoms with E-state index >= 15 is 0 Å². The second-order valence-corrected chi connectivity index (χ2v) is 6.29. The Morgan fingerprint density at radius 3 is 2.96 bits per heavy atom. The predicted molar refractivity (Wildman–Crippen MR) is 89.0 cm³/mol. The number of pyridine rings is 1. The third-order valence-corrected chi connectivity index (χ3v) is 4.60. The quantitative estimate of drug-likeness (QED) is 0.881. The first kappa shape index (κ1) is 16.2. The third kappa shape index (κ3) is 4.41. The summed E-state index contributed by atoms with van der Waals surface area (Å²) in [6, 6.07) is 10.1. The molecule has 1 aliphatic rings. The van der Waals surface area contributed by atoms with E-state index in [-0.39, 0.29) is 12.1 Å². The van der Waals surface area contributed by atoms with Gasteiger partial charge in [0, 0.05) is 44.0 Å². The molecule has 2 aromatic rings. The molecular weight excluding hydrogens is 290 g/mol. The number of piperidine rings is 1. The van der Waals surface area contributed by atoms with Crippen molar-refractivity contribution >= 4 is 0 Å². The van der Waals surface area contributed by atoms with Gasteiger partial charge in [0.05, 0.1) is 18.9 Å². The Morgan fingerprint density at radius 1 is 1.35 bits per heavy atom. The van der Waals surface area contributed by atoms with Crippen molar-refractivity contribution < 1.29 is 9.52 Å². The lowest BCUT2D eigenvalue weighted by atomic mass is 10.00. The molecule has 0 aromatic carbocycles. The van der Waals surface area contributed by atoms with Crippen molar-refractivity contribution in [3.63, 3.8) is 0 Å². The molecule has 2 aromatic heterocycles. The standard InChI is InChI=1S/C18H25N3O2/c1-20(10-7-15-5-2-3-9-19-15)17-8-11-21(14-18(17)22)13-16-6-4-12-23-16/h2-6,9,12,17-18,22H,7-8,10-11,13-14H2,1H3/t17-,18-/m0/s1. The van der Waals surface area contributed by atoms with Crippen LogP contribution in [0.25, 0.3) is 0 Å². The summed E-state index contributed by atoms with van der Waals surface area (Å²) in [6.45, 7) is 3.36. The molecule has 0 amide bonds. The molecular formula is C18H25N3O2. The molecule has 0 unspecified atom stereocenters. The van der Waals surface area contributed by atoms with E-state index in [1.54, 1.807) is 6.26 Å². The minimum Gasteiger partial charge on any atom is -0.468 e. The first-order valence-corrected chi connectivity index (χ1v) is 8.25. The number of likely N-dealkylation sites (tertiary alicyclic amines) is 1. The molecule has 1 saturated heterocycles. The number of hydrogen-bond acceptors (Lipinski definition) is 5. The van der Waals surface area contributed by atoms with Crippen LogP contribution in [0, 0.1) is 0 Å². The molecule has 3 rings (SSSR count). The first-order valence-electron chi connectivity index (χ1n) is 8.25. The van der Waals surface area contributed by atoms with Crippen LogP contribution in [-0.4, -0.2) is 58.7 Å². The number of rotatable bonds is 6. The maximum absolute atomic E-state index is 10.5. The second-order valence-electron chi connectivity index (χ2n) is 6.29. The summed E-state index contributed by atoms with van der Waals surface area (Å²) in [4.78, 5) is 8.88. The first-order chi connectivity index (χ1) is 11.2. The number of hydrogen-bond donors (Lipinski definition) is 1. The number of furan rings is 1. The minimum absolute atomic E-state index is 0.214. The van der Waals surface area contributed by atoms with Crippen LogP contribution in [0.3, 0.4) is 0 Å². The fourth-order valence-electron chi connectivity index (χ4n) is 3.27. The summed E-state index contributed by atoms with van der Waals surface area (Å²) < 4.78 is 5.39. The molecule has 124 valence electrons. The topological polar surface area (TPSA) is 52.7 Å². The Morgan fingerprint density at radius 2 is 2.26 bits per heavy atom. The summed E-state index contributed by atoms with van der Waals surface area (Å²) >= 11 is 0. The maximum atomic E-state index is 10.5. The van der Waals surface area contributed by atoms with Gasteiger partial charge in [-0.25, -0.2) is 0 Å². The zero-order chi connectivity index (χ0) is 16.1. The number of aromatic nitrogens is 1. The van der Waals surface area contributed by atoms with Crippen molar-refractivity contribution in [3.8, 4) is 0 Å². The van der Waals surface area contributed by atoms with E-state index in [1.165, 1.54) is 0 Å². The lowest BCUT2D eigenvalue weighted by molar-refractivity contribution is -0.00790. The van der Waals surface area contributed by atoms with Crippen LogP contribution in [0.5, 0.6) is 0 Å². The Labute approximate surface area is 137 Å². The van der Waals surface area contributed by atoms with E-state index in [1.807, 2.05) is 30.5 Å². The number of aliphatic hydroxyl groups excluding tert-OH is 1. The van der Waals surface area contributed by atoms with E-state index in [2.05, 4.69) is 27.9 Å². The van der Waals surface area contributed by atoms with E-state index in [0.717, 1.165) is 43.9 Å². The molecule has 0 bridgehead atoms. The molecule has 0 radical (unpaired) electrons. The molecule has 5 nitrogen and oxygen atoms in total. The van der Waals surface area contributed by atoms with Crippen LogP contribution < -0.4 is 0 Å². The van der Waals surface area contributed by atoms with Gasteiger partial charge in [0.25, 0.3) is 0 Å². The molecule has 1 fully saturated rings. The fraction of sp³-hybridized carbons (Fsp3) is 0.500. The van der Waals surface area contributed by atoms with Gasteiger partial charge < -0.3 is 14.4 Å². The summed E-state index contributed by atoms with van der Waals surface area (Å²) in [7, 11) is 2.10. The minimum atomic E-state index is -0.326. The van der Waals surface area contributed by atoms with Gasteiger partial charge in [0.15, 0.2) is 0 Å². The largest absolute Gasteiger partial charge is 0.468 e. The van der Waals surface area contributed by atoms with Crippen LogP contribution >= 0.6 is 0 Å². The lowest BCUT2D eigenvalue weighted by Crippen LogP contribution is -2.53. The fourth-order valence-corrected chi connectivity index (χ4v) is 3.27. The normalized spacial score (nSPS) is 22.6. The van der Waals surface area contributed by atoms with Gasteiger partial charge in [-0.3, -0.25) is 9.88 Å². The van der Waals surface area contributed by atoms with Crippen molar-refractivity contribution in [2.75, 3.05) is 26.7 Å². The summed E-state index contributed by atoms with van der Waals surface area (Å²) in [5, 5.41) is 10.5. The highest BCUT2D eigenvalue weighted by molar-refractivity contribution is 5.04. The molecule has 0 saturated carbocycles. The van der Waals surface area contributed by atoms with Crippen molar-refractivity contribution in [2.45, 2.75) is 31.5 Å². The van der Waals surface area contributed by atoms with Crippen LogP contribution in [-0.2, 0) is 13.0 Å². The monoisotopic (exact) mass is 315 g/mol. The molecule has 3 heterocycles. The molecule has 23 heavy (non-hydrogen) atoms. The molecule has 0 aliphatic carbocycles. The van der Waals surface area contributed by atoms with Gasteiger partial charge in [-0.2, -0.15) is 0 Å². The van der Waals surface area contributed by atoms with Crippen LogP contribution in [0.1, 0.15) is 17.9 Å². The molecule has 2 atom stereocenters. The number of nitrogens with zero attached hydrogens (tertiary/aromatic N) is 3. The number of likely N-dealkylation sites (N-methyl/N-ethyl adjacent to an activating group) is 1.